The van der Waals surface area contributed by atoms with E-state index < -0.39 is 0 Å². The van der Waals surface area contributed by atoms with Crippen molar-refractivity contribution >= 4 is 24.3 Å². The highest BCUT2D eigenvalue weighted by atomic mass is 15.1. The molecule has 0 amide bonds. The van der Waals surface area contributed by atoms with Crippen LogP contribution in [-0.2, 0) is 0 Å². The first-order valence-electron chi connectivity index (χ1n) is 7.20. The van der Waals surface area contributed by atoms with Gasteiger partial charge in [-0.25, -0.2) is 0 Å². The van der Waals surface area contributed by atoms with Gasteiger partial charge in [-0.3, -0.25) is 0 Å². The quantitative estimate of drug-likeness (QED) is 0.686. The van der Waals surface area contributed by atoms with Crippen LogP contribution in [0.15, 0.2) is 72.9 Å². The molecular weight excluding hydrogens is 268 g/mol. The first-order valence-corrected chi connectivity index (χ1v) is 7.20. The van der Waals surface area contributed by atoms with Crippen molar-refractivity contribution in [3.63, 3.8) is 0 Å². The van der Waals surface area contributed by atoms with Gasteiger partial charge in [0.1, 0.15) is 0 Å². The summed E-state index contributed by atoms with van der Waals surface area (Å²) in [4.78, 5) is 0. The van der Waals surface area contributed by atoms with Gasteiger partial charge in [-0.1, -0.05) is 78.9 Å². The Hall–Kier alpha value is -3.00. The molecule has 106 valence electrons. The van der Waals surface area contributed by atoms with Crippen LogP contribution in [0.5, 0.6) is 0 Å². The molecule has 0 unspecified atom stereocenters. The molecule has 0 radical (unpaired) electrons. The summed E-state index contributed by atoms with van der Waals surface area (Å²) in [5, 5.41) is 8.20. The summed E-state index contributed by atoms with van der Waals surface area (Å²) in [6.45, 7) is 0. The average Bonchev–Trinajstić information content (AvgIpc) is 2.61. The van der Waals surface area contributed by atoms with Gasteiger partial charge in [0, 0.05) is 5.56 Å². The van der Waals surface area contributed by atoms with Crippen LogP contribution in [-0.4, -0.2) is 10.2 Å². The summed E-state index contributed by atoms with van der Waals surface area (Å²) in [6, 6.07) is 22.4. The predicted octanol–water partition coefficient (Wildman–Crippen LogP) is 4.82. The monoisotopic (exact) mass is 284 g/mol. The van der Waals surface area contributed by atoms with Gasteiger partial charge in [0.2, 0.25) is 0 Å². The molecule has 2 nitrogen and oxygen atoms in total. The zero-order valence-electron chi connectivity index (χ0n) is 12.1. The zero-order valence-corrected chi connectivity index (χ0v) is 12.1. The first-order chi connectivity index (χ1) is 10.9. The fourth-order valence-electron chi connectivity index (χ4n) is 2.11. The van der Waals surface area contributed by atoms with Crippen LogP contribution < -0.4 is 0 Å². The van der Waals surface area contributed by atoms with Crippen molar-refractivity contribution in [2.45, 2.75) is 0 Å². The lowest BCUT2D eigenvalue weighted by Crippen LogP contribution is -1.89. The molecule has 1 heterocycles. The highest BCUT2D eigenvalue weighted by Gasteiger charge is 1.97. The third-order valence-electron chi connectivity index (χ3n) is 3.27. The van der Waals surface area contributed by atoms with Crippen LogP contribution in [0, 0.1) is 0 Å². The minimum Gasteiger partial charge on any atom is -0.159 e. The average molecular weight is 284 g/mol. The number of rotatable bonds is 4. The zero-order chi connectivity index (χ0) is 15.0. The van der Waals surface area contributed by atoms with Crippen molar-refractivity contribution in [3.05, 3.63) is 95.3 Å². The number of hydrogen-bond donors (Lipinski definition) is 0. The molecule has 2 heteroatoms. The standard InChI is InChI=1S/C20H16N2/c1-3-7-17(8-4-1)11-13-19-15-16-21-22-20(19)14-12-18-9-5-2-6-10-18/h1-16H/b13-11+,14-12+. The Balaban J connectivity index is 1.84. The van der Waals surface area contributed by atoms with E-state index in [0.717, 1.165) is 22.4 Å². The number of aromatic nitrogens is 2. The van der Waals surface area contributed by atoms with Crippen molar-refractivity contribution in [3.8, 4) is 0 Å². The van der Waals surface area contributed by atoms with Gasteiger partial charge in [-0.2, -0.15) is 10.2 Å². The summed E-state index contributed by atoms with van der Waals surface area (Å²) in [7, 11) is 0. The molecule has 0 fully saturated rings. The van der Waals surface area contributed by atoms with Crippen molar-refractivity contribution in [1.29, 1.82) is 0 Å². The smallest absolute Gasteiger partial charge is 0.0929 e. The second-order valence-corrected chi connectivity index (χ2v) is 4.86. The van der Waals surface area contributed by atoms with E-state index in [9.17, 15) is 0 Å². The molecule has 0 aliphatic carbocycles. The topological polar surface area (TPSA) is 25.8 Å². The van der Waals surface area contributed by atoms with Crippen LogP contribution in [0.3, 0.4) is 0 Å². The van der Waals surface area contributed by atoms with E-state index in [2.05, 4.69) is 46.6 Å². The maximum absolute atomic E-state index is 4.22. The maximum Gasteiger partial charge on any atom is 0.0929 e. The maximum atomic E-state index is 4.22. The molecule has 0 N–H and O–H groups in total. The van der Waals surface area contributed by atoms with E-state index >= 15 is 0 Å². The van der Waals surface area contributed by atoms with Crippen molar-refractivity contribution < 1.29 is 0 Å². The summed E-state index contributed by atoms with van der Waals surface area (Å²) in [5.41, 5.74) is 4.22. The molecule has 0 aliphatic rings. The second kappa shape index (κ2) is 7.14. The summed E-state index contributed by atoms with van der Waals surface area (Å²) in [6.07, 6.45) is 9.90. The molecule has 3 aromatic rings. The highest BCUT2D eigenvalue weighted by molar-refractivity contribution is 5.77. The van der Waals surface area contributed by atoms with Crippen LogP contribution in [0.4, 0.5) is 0 Å². The first kappa shape index (κ1) is 14.0. The molecule has 0 bridgehead atoms. The predicted molar refractivity (Wildman–Crippen MR) is 92.8 cm³/mol. The third kappa shape index (κ3) is 3.76. The van der Waals surface area contributed by atoms with E-state index in [1.54, 1.807) is 6.20 Å². The number of nitrogens with zero attached hydrogens (tertiary/aromatic N) is 2. The molecule has 3 rings (SSSR count). The van der Waals surface area contributed by atoms with Gasteiger partial charge in [0.15, 0.2) is 0 Å². The Morgan fingerprint density at radius 1 is 0.591 bits per heavy atom. The number of benzene rings is 2. The largest absolute Gasteiger partial charge is 0.159 e. The van der Waals surface area contributed by atoms with Crippen LogP contribution in [0.25, 0.3) is 24.3 Å². The Kier molecular flexibility index (Phi) is 4.53. The molecule has 0 spiro atoms. The fraction of sp³-hybridized carbons (Fsp3) is 0. The molecule has 0 aliphatic heterocycles. The third-order valence-corrected chi connectivity index (χ3v) is 3.27. The molecule has 0 saturated heterocycles. The van der Waals surface area contributed by atoms with Crippen molar-refractivity contribution in [1.82, 2.24) is 10.2 Å². The molecule has 0 saturated carbocycles. The summed E-state index contributed by atoms with van der Waals surface area (Å²) < 4.78 is 0. The lowest BCUT2D eigenvalue weighted by molar-refractivity contribution is 1.01. The summed E-state index contributed by atoms with van der Waals surface area (Å²) >= 11 is 0. The van der Waals surface area contributed by atoms with Gasteiger partial charge in [-0.15, -0.1) is 0 Å². The second-order valence-electron chi connectivity index (χ2n) is 4.86. The Labute approximate surface area is 130 Å². The highest BCUT2D eigenvalue weighted by Crippen LogP contribution is 2.13. The van der Waals surface area contributed by atoms with Gasteiger partial charge >= 0.3 is 0 Å². The number of hydrogen-bond acceptors (Lipinski definition) is 2. The Morgan fingerprint density at radius 3 is 1.82 bits per heavy atom. The van der Waals surface area contributed by atoms with E-state index in [1.165, 1.54) is 0 Å². The van der Waals surface area contributed by atoms with Crippen LogP contribution in [0.2, 0.25) is 0 Å². The van der Waals surface area contributed by atoms with Gasteiger partial charge < -0.3 is 0 Å². The van der Waals surface area contributed by atoms with E-state index in [1.807, 2.05) is 54.6 Å². The van der Waals surface area contributed by atoms with Crippen molar-refractivity contribution in [2.75, 3.05) is 0 Å². The molecule has 22 heavy (non-hydrogen) atoms. The van der Waals surface area contributed by atoms with Crippen LogP contribution in [0.1, 0.15) is 22.4 Å². The van der Waals surface area contributed by atoms with Crippen LogP contribution >= 0.6 is 0 Å². The lowest BCUT2D eigenvalue weighted by Gasteiger charge is -1.99. The normalized spacial score (nSPS) is 11.3. The van der Waals surface area contributed by atoms with Gasteiger partial charge in [0.25, 0.3) is 0 Å². The van der Waals surface area contributed by atoms with Gasteiger partial charge in [-0.05, 0) is 23.3 Å². The molecule has 0 atom stereocenters. The minimum absolute atomic E-state index is 0.860. The molecular formula is C20H16N2. The van der Waals surface area contributed by atoms with E-state index in [4.69, 9.17) is 0 Å². The molecule has 1 aromatic heterocycles. The van der Waals surface area contributed by atoms with Crippen molar-refractivity contribution in [2.24, 2.45) is 0 Å². The summed E-state index contributed by atoms with van der Waals surface area (Å²) in [5.74, 6) is 0. The lowest BCUT2D eigenvalue weighted by atomic mass is 10.1. The Bertz CT molecular complexity index is 707. The van der Waals surface area contributed by atoms with E-state index in [0.29, 0.717) is 0 Å². The van der Waals surface area contributed by atoms with Gasteiger partial charge in [0.05, 0.1) is 11.9 Å². The Morgan fingerprint density at radius 2 is 1.18 bits per heavy atom. The van der Waals surface area contributed by atoms with E-state index in [-0.39, 0.29) is 0 Å². The molecule has 2 aromatic carbocycles. The SMILES string of the molecule is C(=C\c1ccnnc1/C=C/c1ccccc1)/c1ccccc1. The fourth-order valence-corrected chi connectivity index (χ4v) is 2.11. The minimum atomic E-state index is 0.860.